The van der Waals surface area contributed by atoms with Crippen molar-refractivity contribution in [3.63, 3.8) is 0 Å². The van der Waals surface area contributed by atoms with Crippen LogP contribution in [0.1, 0.15) is 42.6 Å². The van der Waals surface area contributed by atoms with E-state index in [-0.39, 0.29) is 34.9 Å². The smallest absolute Gasteiger partial charge is 0.344 e. The number of pyridine rings is 1. The molecule has 2 aromatic rings. The summed E-state index contributed by atoms with van der Waals surface area (Å²) in [7, 11) is 0. The Morgan fingerprint density at radius 2 is 2.24 bits per heavy atom. The van der Waals surface area contributed by atoms with Crippen LogP contribution in [0.3, 0.4) is 0 Å². The highest BCUT2D eigenvalue weighted by atomic mass is 35.5. The second-order valence-corrected chi connectivity index (χ2v) is 8.39. The van der Waals surface area contributed by atoms with E-state index in [1.54, 1.807) is 6.92 Å². The van der Waals surface area contributed by atoms with Crippen molar-refractivity contribution in [3.8, 4) is 0 Å². The van der Waals surface area contributed by atoms with Crippen molar-refractivity contribution in [2.75, 3.05) is 25.6 Å². The first kappa shape index (κ1) is 20.7. The molecule has 1 fully saturated rings. The molecule has 2 atom stereocenters. The molecule has 4 rings (SSSR count). The number of hydrogen-bond donors (Lipinski definition) is 0. The van der Waals surface area contributed by atoms with Crippen molar-refractivity contribution in [1.29, 1.82) is 0 Å². The van der Waals surface area contributed by atoms with Crippen LogP contribution < -0.4 is 5.43 Å². The highest BCUT2D eigenvalue weighted by Gasteiger charge is 2.33. The molecular formula is C20H21ClFNO5S. The number of carbonyl (C=O) groups is 1. The summed E-state index contributed by atoms with van der Waals surface area (Å²) in [6.45, 7) is 2.84. The van der Waals surface area contributed by atoms with Gasteiger partial charge >= 0.3 is 5.97 Å². The Morgan fingerprint density at radius 1 is 1.41 bits per heavy atom. The second kappa shape index (κ2) is 8.63. The second-order valence-electron chi connectivity index (χ2n) is 6.98. The van der Waals surface area contributed by atoms with Gasteiger partial charge in [0, 0.05) is 17.7 Å². The SMILES string of the molecule is CCOC(=O)c1c2n(c3cc(Cl)c(F)cc3c1=O)C(COC1CCCCO1)CS2. The summed E-state index contributed by atoms with van der Waals surface area (Å²) in [6, 6.07) is 2.36. The van der Waals surface area contributed by atoms with Crippen LogP contribution in [0, 0.1) is 5.82 Å². The Balaban J connectivity index is 1.79. The molecule has 0 radical (unpaired) electrons. The van der Waals surface area contributed by atoms with Crippen molar-refractivity contribution in [2.24, 2.45) is 0 Å². The van der Waals surface area contributed by atoms with Crippen LogP contribution >= 0.6 is 23.4 Å². The van der Waals surface area contributed by atoms with E-state index in [1.165, 1.54) is 17.8 Å². The fraction of sp³-hybridized carbons (Fsp3) is 0.500. The summed E-state index contributed by atoms with van der Waals surface area (Å²) >= 11 is 7.39. The number of benzene rings is 1. The zero-order chi connectivity index (χ0) is 20.5. The zero-order valence-electron chi connectivity index (χ0n) is 15.9. The standard InChI is InChI=1S/C20H21ClFNO5S/c1-2-26-20(25)17-18(24)12-7-14(22)13(21)8-15(12)23-11(10-29-19(17)23)9-28-16-5-3-4-6-27-16/h7-8,11,16H,2-6,9-10H2,1H3. The zero-order valence-corrected chi connectivity index (χ0v) is 17.5. The predicted molar refractivity (Wildman–Crippen MR) is 108 cm³/mol. The molecule has 0 aliphatic carbocycles. The predicted octanol–water partition coefficient (Wildman–Crippen LogP) is 4.16. The van der Waals surface area contributed by atoms with Gasteiger partial charge in [-0.25, -0.2) is 9.18 Å². The van der Waals surface area contributed by atoms with Gasteiger partial charge in [-0.05, 0) is 38.3 Å². The number of thioether (sulfide) groups is 1. The third-order valence-electron chi connectivity index (χ3n) is 5.07. The molecule has 29 heavy (non-hydrogen) atoms. The molecule has 0 N–H and O–H groups in total. The Morgan fingerprint density at radius 3 is 2.97 bits per heavy atom. The highest BCUT2D eigenvalue weighted by Crippen LogP contribution is 2.39. The Labute approximate surface area is 176 Å². The fourth-order valence-electron chi connectivity index (χ4n) is 3.70. The van der Waals surface area contributed by atoms with Crippen LogP contribution in [0.5, 0.6) is 0 Å². The van der Waals surface area contributed by atoms with E-state index >= 15 is 0 Å². The quantitative estimate of drug-likeness (QED) is 0.649. The molecule has 0 spiro atoms. The number of nitrogens with zero attached hydrogens (tertiary/aromatic N) is 1. The first-order valence-electron chi connectivity index (χ1n) is 9.61. The first-order valence-corrected chi connectivity index (χ1v) is 11.0. The van der Waals surface area contributed by atoms with Crippen molar-refractivity contribution in [2.45, 2.75) is 43.5 Å². The number of hydrogen-bond acceptors (Lipinski definition) is 6. The highest BCUT2D eigenvalue weighted by molar-refractivity contribution is 7.99. The molecule has 1 aromatic heterocycles. The van der Waals surface area contributed by atoms with Gasteiger partial charge in [0.1, 0.15) is 11.4 Å². The van der Waals surface area contributed by atoms with Crippen molar-refractivity contribution in [1.82, 2.24) is 4.57 Å². The maximum Gasteiger partial charge on any atom is 0.344 e. The van der Waals surface area contributed by atoms with Crippen molar-refractivity contribution < 1.29 is 23.4 Å². The van der Waals surface area contributed by atoms with Gasteiger partial charge in [-0.1, -0.05) is 11.6 Å². The number of esters is 1. The van der Waals surface area contributed by atoms with Crippen LogP contribution in [-0.4, -0.2) is 42.4 Å². The van der Waals surface area contributed by atoms with Gasteiger partial charge in [0.25, 0.3) is 0 Å². The first-order chi connectivity index (χ1) is 14.0. The van der Waals surface area contributed by atoms with E-state index in [1.807, 2.05) is 4.57 Å². The minimum atomic E-state index is -0.708. The third kappa shape index (κ3) is 3.91. The molecule has 0 amide bonds. The monoisotopic (exact) mass is 441 g/mol. The number of rotatable bonds is 5. The molecule has 3 heterocycles. The van der Waals surface area contributed by atoms with Gasteiger partial charge in [-0.2, -0.15) is 0 Å². The van der Waals surface area contributed by atoms with Crippen LogP contribution in [0.4, 0.5) is 4.39 Å². The molecule has 2 aliphatic rings. The normalized spacial score (nSPS) is 21.3. The molecular weight excluding hydrogens is 421 g/mol. The number of halogens is 2. The molecule has 1 aromatic carbocycles. The number of ether oxygens (including phenoxy) is 3. The Kier molecular flexibility index (Phi) is 6.15. The Hall–Kier alpha value is -1.61. The molecule has 0 bridgehead atoms. The van der Waals surface area contributed by atoms with E-state index in [9.17, 15) is 14.0 Å². The maximum atomic E-state index is 14.1. The summed E-state index contributed by atoms with van der Waals surface area (Å²) in [4.78, 5) is 25.5. The molecule has 2 unspecified atom stereocenters. The minimum Gasteiger partial charge on any atom is -0.462 e. The largest absolute Gasteiger partial charge is 0.462 e. The van der Waals surface area contributed by atoms with E-state index in [4.69, 9.17) is 25.8 Å². The molecule has 1 saturated heterocycles. The summed E-state index contributed by atoms with van der Waals surface area (Å²) < 4.78 is 32.6. The third-order valence-corrected chi connectivity index (χ3v) is 6.59. The maximum absolute atomic E-state index is 14.1. The van der Waals surface area contributed by atoms with Gasteiger partial charge in [0.15, 0.2) is 6.29 Å². The molecule has 6 nitrogen and oxygen atoms in total. The molecule has 0 saturated carbocycles. The van der Waals surface area contributed by atoms with Crippen LogP contribution in [0.15, 0.2) is 22.0 Å². The van der Waals surface area contributed by atoms with Gasteiger partial charge in [-0.3, -0.25) is 4.79 Å². The minimum absolute atomic E-state index is 0.0671. The van der Waals surface area contributed by atoms with E-state index < -0.39 is 17.2 Å². The van der Waals surface area contributed by atoms with Crippen LogP contribution in [0.2, 0.25) is 5.02 Å². The van der Waals surface area contributed by atoms with Crippen LogP contribution in [0.25, 0.3) is 10.9 Å². The molecule has 9 heteroatoms. The summed E-state index contributed by atoms with van der Waals surface area (Å²) in [6.07, 6.45) is 2.66. The van der Waals surface area contributed by atoms with Gasteiger partial charge in [0.2, 0.25) is 5.43 Å². The van der Waals surface area contributed by atoms with E-state index in [0.717, 1.165) is 25.3 Å². The fourth-order valence-corrected chi connectivity index (χ4v) is 5.16. The lowest BCUT2D eigenvalue weighted by atomic mass is 10.1. The topological polar surface area (TPSA) is 66.8 Å². The molecule has 156 valence electrons. The number of aromatic nitrogens is 1. The van der Waals surface area contributed by atoms with Crippen molar-refractivity contribution in [3.05, 3.63) is 38.8 Å². The number of fused-ring (bicyclic) bond motifs is 3. The van der Waals surface area contributed by atoms with E-state index in [0.29, 0.717) is 29.5 Å². The summed E-state index contributed by atoms with van der Waals surface area (Å²) in [5, 5.41) is 0.518. The lowest BCUT2D eigenvalue weighted by Crippen LogP contribution is -2.27. The summed E-state index contributed by atoms with van der Waals surface area (Å²) in [5.41, 5.74) is -0.139. The summed E-state index contributed by atoms with van der Waals surface area (Å²) in [5.74, 6) is -0.809. The van der Waals surface area contributed by atoms with Gasteiger partial charge in [0.05, 0.1) is 34.8 Å². The lowest BCUT2D eigenvalue weighted by molar-refractivity contribution is -0.166. The average Bonchev–Trinajstić information content (AvgIpc) is 3.12. The molecule has 2 aliphatic heterocycles. The van der Waals surface area contributed by atoms with Gasteiger partial charge in [-0.15, -0.1) is 11.8 Å². The van der Waals surface area contributed by atoms with Crippen LogP contribution in [-0.2, 0) is 14.2 Å². The van der Waals surface area contributed by atoms with Gasteiger partial charge < -0.3 is 18.8 Å². The number of carbonyl (C=O) groups excluding carboxylic acids is 1. The average molecular weight is 442 g/mol. The van der Waals surface area contributed by atoms with Crippen molar-refractivity contribution >= 4 is 40.2 Å². The Bertz CT molecular complexity index is 1000. The van der Waals surface area contributed by atoms with E-state index in [2.05, 4.69) is 0 Å². The lowest BCUT2D eigenvalue weighted by Gasteiger charge is -2.25.